The van der Waals surface area contributed by atoms with Crippen molar-refractivity contribution in [2.75, 3.05) is 6.61 Å². The van der Waals surface area contributed by atoms with Gasteiger partial charge in [-0.2, -0.15) is 0 Å². The molecule has 0 radical (unpaired) electrons. The minimum atomic E-state index is 0.681. The Morgan fingerprint density at radius 3 is 1.55 bits per heavy atom. The first-order valence-corrected chi connectivity index (χ1v) is 12.5. The van der Waals surface area contributed by atoms with Gasteiger partial charge in [-0.15, -0.1) is 0 Å². The monoisotopic (exact) mass is 402 g/mol. The minimum Gasteiger partial charge on any atom is -0.494 e. The van der Waals surface area contributed by atoms with Crippen LogP contribution in [0.25, 0.3) is 0 Å². The van der Waals surface area contributed by atoms with Gasteiger partial charge in [0.2, 0.25) is 0 Å². The molecule has 0 N–H and O–H groups in total. The van der Waals surface area contributed by atoms with Crippen molar-refractivity contribution in [1.82, 2.24) is 0 Å². The van der Waals surface area contributed by atoms with E-state index in [0.29, 0.717) is 5.56 Å². The fraction of sp³-hybridized carbons (Fsp3) is 0.741. The van der Waals surface area contributed by atoms with E-state index in [9.17, 15) is 4.79 Å². The summed E-state index contributed by atoms with van der Waals surface area (Å²) in [7, 11) is 0. The predicted molar refractivity (Wildman–Crippen MR) is 126 cm³/mol. The molecule has 0 fully saturated rings. The van der Waals surface area contributed by atoms with Crippen molar-refractivity contribution in [1.29, 1.82) is 0 Å². The van der Waals surface area contributed by atoms with Crippen LogP contribution >= 0.6 is 0 Å². The maximum Gasteiger partial charge on any atom is 0.150 e. The van der Waals surface area contributed by atoms with E-state index >= 15 is 0 Å². The van der Waals surface area contributed by atoms with Crippen molar-refractivity contribution in [3.8, 4) is 5.75 Å². The highest BCUT2D eigenvalue weighted by Crippen LogP contribution is 2.15. The molecule has 0 spiro atoms. The summed E-state index contributed by atoms with van der Waals surface area (Å²) in [6.07, 6.45) is 25.9. The molecule has 0 saturated carbocycles. The molecular formula is C27H46O2. The third kappa shape index (κ3) is 16.2. The maximum atomic E-state index is 10.8. The van der Waals surface area contributed by atoms with E-state index in [1.165, 1.54) is 109 Å². The van der Waals surface area contributed by atoms with Gasteiger partial charge < -0.3 is 4.74 Å². The molecule has 29 heavy (non-hydrogen) atoms. The summed E-state index contributed by atoms with van der Waals surface area (Å²) in [4.78, 5) is 10.8. The van der Waals surface area contributed by atoms with Gasteiger partial charge in [0.05, 0.1) is 6.61 Å². The van der Waals surface area contributed by atoms with Gasteiger partial charge in [0.15, 0.2) is 0 Å². The molecule has 0 aliphatic rings. The number of hydrogen-bond acceptors (Lipinski definition) is 2. The summed E-state index contributed by atoms with van der Waals surface area (Å²) in [5.41, 5.74) is 0.681. The van der Waals surface area contributed by atoms with Gasteiger partial charge in [-0.05, 0) is 18.6 Å². The van der Waals surface area contributed by atoms with Crippen LogP contribution < -0.4 is 4.74 Å². The lowest BCUT2D eigenvalue weighted by Crippen LogP contribution is -1.97. The molecule has 0 atom stereocenters. The molecule has 0 saturated heterocycles. The van der Waals surface area contributed by atoms with Crippen molar-refractivity contribution in [3.63, 3.8) is 0 Å². The van der Waals surface area contributed by atoms with Crippen LogP contribution in [0.1, 0.15) is 133 Å². The van der Waals surface area contributed by atoms with Gasteiger partial charge in [0.25, 0.3) is 0 Å². The van der Waals surface area contributed by atoms with Crippen LogP contribution in [0.3, 0.4) is 0 Å². The zero-order chi connectivity index (χ0) is 20.8. The van der Waals surface area contributed by atoms with Gasteiger partial charge in [0, 0.05) is 5.56 Å². The molecule has 0 aliphatic carbocycles. The fourth-order valence-corrected chi connectivity index (χ4v) is 3.87. The number of unbranched alkanes of at least 4 members (excludes halogenated alkanes) is 17. The van der Waals surface area contributed by atoms with E-state index < -0.39 is 0 Å². The normalized spacial score (nSPS) is 10.9. The molecule has 1 aromatic carbocycles. The van der Waals surface area contributed by atoms with E-state index in [-0.39, 0.29) is 0 Å². The molecule has 1 aromatic rings. The second-order valence-corrected chi connectivity index (χ2v) is 8.55. The van der Waals surface area contributed by atoms with Crippen molar-refractivity contribution in [3.05, 3.63) is 29.8 Å². The smallest absolute Gasteiger partial charge is 0.150 e. The molecule has 2 nitrogen and oxygen atoms in total. The zero-order valence-corrected chi connectivity index (χ0v) is 19.1. The molecular weight excluding hydrogens is 356 g/mol. The predicted octanol–water partition coefficient (Wildman–Crippen LogP) is 8.92. The van der Waals surface area contributed by atoms with E-state index in [2.05, 4.69) is 6.92 Å². The summed E-state index contributed by atoms with van der Waals surface area (Å²) >= 11 is 0. The summed E-state index contributed by atoms with van der Waals surface area (Å²) in [6, 6.07) is 7.40. The molecule has 0 aliphatic heterocycles. The topological polar surface area (TPSA) is 26.3 Å². The number of rotatable bonds is 21. The van der Waals surface area contributed by atoms with Gasteiger partial charge in [-0.1, -0.05) is 128 Å². The van der Waals surface area contributed by atoms with Crippen molar-refractivity contribution < 1.29 is 9.53 Å². The lowest BCUT2D eigenvalue weighted by molar-refractivity contribution is 0.112. The highest BCUT2D eigenvalue weighted by Gasteiger charge is 1.97. The van der Waals surface area contributed by atoms with E-state index in [0.717, 1.165) is 25.1 Å². The molecule has 166 valence electrons. The summed E-state index contributed by atoms with van der Waals surface area (Å²) in [5.74, 6) is 0.807. The van der Waals surface area contributed by atoms with Crippen LogP contribution in [0, 0.1) is 0 Å². The highest BCUT2D eigenvalue weighted by atomic mass is 16.5. The highest BCUT2D eigenvalue weighted by molar-refractivity contribution is 5.75. The number of aldehydes is 1. The number of benzene rings is 1. The number of ether oxygens (including phenoxy) is 1. The summed E-state index contributed by atoms with van der Waals surface area (Å²) < 4.78 is 5.72. The van der Waals surface area contributed by atoms with Crippen LogP contribution in [-0.2, 0) is 0 Å². The van der Waals surface area contributed by atoms with Gasteiger partial charge in [-0.25, -0.2) is 0 Å². The Balaban J connectivity index is 1.74. The van der Waals surface area contributed by atoms with Crippen molar-refractivity contribution >= 4 is 6.29 Å². The second kappa shape index (κ2) is 20.0. The van der Waals surface area contributed by atoms with Gasteiger partial charge >= 0.3 is 0 Å². The van der Waals surface area contributed by atoms with Crippen LogP contribution in [0.15, 0.2) is 24.3 Å². The third-order valence-corrected chi connectivity index (χ3v) is 5.76. The molecule has 0 unspecified atom stereocenters. The number of carbonyl (C=O) groups excluding carboxylic acids is 1. The summed E-state index contributed by atoms with van der Waals surface area (Å²) in [5, 5.41) is 0. The van der Waals surface area contributed by atoms with E-state index in [1.54, 1.807) is 6.07 Å². The van der Waals surface area contributed by atoms with Gasteiger partial charge in [-0.3, -0.25) is 4.79 Å². The first-order chi connectivity index (χ1) is 14.4. The van der Waals surface area contributed by atoms with E-state index in [4.69, 9.17) is 4.74 Å². The zero-order valence-electron chi connectivity index (χ0n) is 19.1. The quantitative estimate of drug-likeness (QED) is 0.151. The summed E-state index contributed by atoms with van der Waals surface area (Å²) in [6.45, 7) is 3.04. The Morgan fingerprint density at radius 1 is 0.655 bits per heavy atom. The number of carbonyl (C=O) groups is 1. The molecule has 2 heteroatoms. The number of hydrogen-bond donors (Lipinski definition) is 0. The average molecular weight is 403 g/mol. The molecule has 1 rings (SSSR count). The Bertz CT molecular complexity index is 483. The minimum absolute atomic E-state index is 0.681. The van der Waals surface area contributed by atoms with Crippen molar-refractivity contribution in [2.45, 2.75) is 122 Å². The van der Waals surface area contributed by atoms with Crippen LogP contribution in [-0.4, -0.2) is 12.9 Å². The van der Waals surface area contributed by atoms with Crippen LogP contribution in [0.2, 0.25) is 0 Å². The average Bonchev–Trinajstić information content (AvgIpc) is 2.75. The third-order valence-electron chi connectivity index (χ3n) is 5.76. The first-order valence-electron chi connectivity index (χ1n) is 12.5. The standard InChI is InChI=1S/C27H46O2/c1-2-3-4-5-6-7-8-9-10-11-12-13-14-15-16-17-18-19-23-29-27-22-20-21-26(24-27)25-28/h20-22,24-25H,2-19,23H2,1H3. The Labute approximate surface area is 180 Å². The molecule has 0 amide bonds. The largest absolute Gasteiger partial charge is 0.494 e. The lowest BCUT2D eigenvalue weighted by atomic mass is 10.0. The molecule has 0 aromatic heterocycles. The van der Waals surface area contributed by atoms with Crippen LogP contribution in [0.5, 0.6) is 5.75 Å². The van der Waals surface area contributed by atoms with Crippen molar-refractivity contribution in [2.24, 2.45) is 0 Å². The Morgan fingerprint density at radius 2 is 1.10 bits per heavy atom. The second-order valence-electron chi connectivity index (χ2n) is 8.55. The van der Waals surface area contributed by atoms with Gasteiger partial charge in [0.1, 0.15) is 12.0 Å². The van der Waals surface area contributed by atoms with Crippen LogP contribution in [0.4, 0.5) is 0 Å². The Hall–Kier alpha value is -1.31. The maximum absolute atomic E-state index is 10.8. The Kier molecular flexibility index (Phi) is 17.7. The SMILES string of the molecule is CCCCCCCCCCCCCCCCCCCCOc1cccc(C=O)c1. The fourth-order valence-electron chi connectivity index (χ4n) is 3.87. The first kappa shape index (κ1) is 25.7. The lowest BCUT2D eigenvalue weighted by Gasteiger charge is -2.06. The molecule has 0 bridgehead atoms. The van der Waals surface area contributed by atoms with E-state index in [1.807, 2.05) is 18.2 Å². The molecule has 0 heterocycles.